The first kappa shape index (κ1) is 16.0. The first-order valence-electron chi connectivity index (χ1n) is 8.16. The number of carbonyl (C=O) groups excluding carboxylic acids is 1. The quantitative estimate of drug-likeness (QED) is 0.903. The molecule has 0 radical (unpaired) electrons. The van der Waals surface area contributed by atoms with Crippen molar-refractivity contribution < 1.29 is 4.79 Å². The van der Waals surface area contributed by atoms with Crippen molar-refractivity contribution in [2.75, 3.05) is 26.2 Å². The summed E-state index contributed by atoms with van der Waals surface area (Å²) in [7, 11) is 0. The molecule has 1 fully saturated rings. The van der Waals surface area contributed by atoms with Crippen LogP contribution < -0.4 is 5.32 Å². The first-order chi connectivity index (χ1) is 10.1. The molecule has 1 aromatic carbocycles. The molecular weight excluding hydrogens is 260 g/mol. The van der Waals surface area contributed by atoms with Gasteiger partial charge in [0, 0.05) is 32.6 Å². The predicted molar refractivity (Wildman–Crippen MR) is 87.6 cm³/mol. The molecule has 3 heteroatoms. The summed E-state index contributed by atoms with van der Waals surface area (Å²) in [6.07, 6.45) is 1.59. The van der Waals surface area contributed by atoms with Crippen LogP contribution >= 0.6 is 0 Å². The van der Waals surface area contributed by atoms with Crippen molar-refractivity contribution in [2.24, 2.45) is 0 Å². The minimum atomic E-state index is 0.308. The summed E-state index contributed by atoms with van der Waals surface area (Å²) in [4.78, 5) is 14.2. The van der Waals surface area contributed by atoms with Crippen molar-refractivity contribution in [3.05, 3.63) is 35.4 Å². The fourth-order valence-electron chi connectivity index (χ4n) is 2.79. The number of carbonyl (C=O) groups is 1. The van der Waals surface area contributed by atoms with E-state index in [0.717, 1.165) is 32.6 Å². The summed E-state index contributed by atoms with van der Waals surface area (Å²) in [6, 6.07) is 8.87. The van der Waals surface area contributed by atoms with Gasteiger partial charge in [0.15, 0.2) is 0 Å². The number of piperazine rings is 1. The second-order valence-corrected chi connectivity index (χ2v) is 6.39. The van der Waals surface area contributed by atoms with Crippen molar-refractivity contribution in [2.45, 2.75) is 45.4 Å². The van der Waals surface area contributed by atoms with Crippen LogP contribution in [0.5, 0.6) is 0 Å². The van der Waals surface area contributed by atoms with Crippen LogP contribution in [0.15, 0.2) is 24.3 Å². The zero-order valence-electron chi connectivity index (χ0n) is 13.6. The minimum absolute atomic E-state index is 0.308. The van der Waals surface area contributed by atoms with Gasteiger partial charge in [-0.1, -0.05) is 45.0 Å². The summed E-state index contributed by atoms with van der Waals surface area (Å²) in [5.41, 5.74) is 2.72. The average molecular weight is 288 g/mol. The maximum absolute atomic E-state index is 12.2. The van der Waals surface area contributed by atoms with Crippen molar-refractivity contribution in [1.82, 2.24) is 10.2 Å². The van der Waals surface area contributed by atoms with E-state index in [1.807, 2.05) is 4.90 Å². The van der Waals surface area contributed by atoms with Crippen LogP contribution in [0.4, 0.5) is 0 Å². The fourth-order valence-corrected chi connectivity index (χ4v) is 2.79. The Labute approximate surface area is 128 Å². The topological polar surface area (TPSA) is 32.3 Å². The van der Waals surface area contributed by atoms with Gasteiger partial charge in [0.2, 0.25) is 5.91 Å². The van der Waals surface area contributed by atoms with Gasteiger partial charge in [0.25, 0.3) is 0 Å². The van der Waals surface area contributed by atoms with E-state index in [-0.39, 0.29) is 0 Å². The molecule has 21 heavy (non-hydrogen) atoms. The molecule has 0 saturated carbocycles. The summed E-state index contributed by atoms with van der Waals surface area (Å²) >= 11 is 0. The highest BCUT2D eigenvalue weighted by atomic mass is 16.2. The molecule has 1 saturated heterocycles. The summed E-state index contributed by atoms with van der Waals surface area (Å²) in [5.74, 6) is 1.32. The standard InChI is InChI=1S/C18H28N2O/c1-14(2)16-5-7-17(8-6-16)15(3)4-9-18(21)20-12-10-19-11-13-20/h5-8,14-15,19H,4,9-13H2,1-3H3. The second-order valence-electron chi connectivity index (χ2n) is 6.39. The maximum atomic E-state index is 12.2. The Morgan fingerprint density at radius 1 is 1.10 bits per heavy atom. The van der Waals surface area contributed by atoms with Crippen LogP contribution in [-0.4, -0.2) is 37.0 Å². The van der Waals surface area contributed by atoms with Crippen LogP contribution in [0, 0.1) is 0 Å². The number of nitrogens with zero attached hydrogens (tertiary/aromatic N) is 1. The van der Waals surface area contributed by atoms with Gasteiger partial charge in [-0.2, -0.15) is 0 Å². The molecule has 1 unspecified atom stereocenters. The van der Waals surface area contributed by atoms with Crippen LogP contribution in [-0.2, 0) is 4.79 Å². The molecule has 1 aliphatic rings. The van der Waals surface area contributed by atoms with E-state index in [1.54, 1.807) is 0 Å². The van der Waals surface area contributed by atoms with Gasteiger partial charge in [-0.05, 0) is 29.4 Å². The van der Waals surface area contributed by atoms with E-state index in [4.69, 9.17) is 0 Å². The van der Waals surface area contributed by atoms with Gasteiger partial charge >= 0.3 is 0 Å². The predicted octanol–water partition coefficient (Wildman–Crippen LogP) is 3.13. The molecule has 1 amide bonds. The lowest BCUT2D eigenvalue weighted by molar-refractivity contribution is -0.131. The Hall–Kier alpha value is -1.35. The van der Waals surface area contributed by atoms with Crippen LogP contribution in [0.3, 0.4) is 0 Å². The lowest BCUT2D eigenvalue weighted by atomic mass is 9.93. The molecule has 0 spiro atoms. The number of hydrogen-bond donors (Lipinski definition) is 1. The summed E-state index contributed by atoms with van der Waals surface area (Å²) < 4.78 is 0. The van der Waals surface area contributed by atoms with Gasteiger partial charge in [0.05, 0.1) is 0 Å². The third kappa shape index (κ3) is 4.57. The molecule has 1 heterocycles. The second kappa shape index (κ2) is 7.60. The van der Waals surface area contributed by atoms with Gasteiger partial charge in [0.1, 0.15) is 0 Å². The van der Waals surface area contributed by atoms with Crippen LogP contribution in [0.1, 0.15) is 56.6 Å². The molecule has 0 bridgehead atoms. The smallest absolute Gasteiger partial charge is 0.222 e. The molecule has 1 atom stereocenters. The van der Waals surface area contributed by atoms with Crippen molar-refractivity contribution >= 4 is 5.91 Å². The van der Waals surface area contributed by atoms with E-state index in [9.17, 15) is 4.79 Å². The zero-order chi connectivity index (χ0) is 15.2. The highest BCUT2D eigenvalue weighted by Gasteiger charge is 2.17. The number of amides is 1. The normalized spacial score (nSPS) is 17.0. The number of rotatable bonds is 5. The molecule has 116 valence electrons. The van der Waals surface area contributed by atoms with Crippen molar-refractivity contribution in [3.8, 4) is 0 Å². The molecule has 2 rings (SSSR count). The van der Waals surface area contributed by atoms with Crippen molar-refractivity contribution in [3.63, 3.8) is 0 Å². The fraction of sp³-hybridized carbons (Fsp3) is 0.611. The first-order valence-corrected chi connectivity index (χ1v) is 8.16. The maximum Gasteiger partial charge on any atom is 0.222 e. The van der Waals surface area contributed by atoms with E-state index >= 15 is 0 Å². The van der Waals surface area contributed by atoms with Crippen LogP contribution in [0.25, 0.3) is 0 Å². The Balaban J connectivity index is 1.83. The lowest BCUT2D eigenvalue weighted by Crippen LogP contribution is -2.46. The van der Waals surface area contributed by atoms with E-state index in [0.29, 0.717) is 24.2 Å². The highest BCUT2D eigenvalue weighted by molar-refractivity contribution is 5.76. The van der Waals surface area contributed by atoms with Crippen molar-refractivity contribution in [1.29, 1.82) is 0 Å². The van der Waals surface area contributed by atoms with E-state index in [2.05, 4.69) is 50.4 Å². The zero-order valence-corrected chi connectivity index (χ0v) is 13.6. The van der Waals surface area contributed by atoms with E-state index in [1.165, 1.54) is 11.1 Å². The number of nitrogens with one attached hydrogen (secondary N) is 1. The van der Waals surface area contributed by atoms with Crippen LogP contribution in [0.2, 0.25) is 0 Å². The molecule has 0 aromatic heterocycles. The molecular formula is C18H28N2O. The number of hydrogen-bond acceptors (Lipinski definition) is 2. The SMILES string of the molecule is CC(C)c1ccc(C(C)CCC(=O)N2CCNCC2)cc1. The molecule has 3 nitrogen and oxygen atoms in total. The molecule has 1 aliphatic heterocycles. The van der Waals surface area contributed by atoms with Gasteiger partial charge in [-0.3, -0.25) is 4.79 Å². The Morgan fingerprint density at radius 2 is 1.67 bits per heavy atom. The molecule has 1 N–H and O–H groups in total. The van der Waals surface area contributed by atoms with Gasteiger partial charge in [-0.25, -0.2) is 0 Å². The average Bonchev–Trinajstić information content (AvgIpc) is 2.53. The Bertz CT molecular complexity index is 447. The summed E-state index contributed by atoms with van der Waals surface area (Å²) in [5, 5.41) is 3.28. The monoisotopic (exact) mass is 288 g/mol. The van der Waals surface area contributed by atoms with E-state index < -0.39 is 0 Å². The summed E-state index contributed by atoms with van der Waals surface area (Å²) in [6.45, 7) is 10.2. The molecule has 1 aromatic rings. The largest absolute Gasteiger partial charge is 0.340 e. The van der Waals surface area contributed by atoms with Gasteiger partial charge in [-0.15, -0.1) is 0 Å². The Morgan fingerprint density at radius 3 is 2.24 bits per heavy atom. The lowest BCUT2D eigenvalue weighted by Gasteiger charge is -2.28. The van der Waals surface area contributed by atoms with Gasteiger partial charge < -0.3 is 10.2 Å². The minimum Gasteiger partial charge on any atom is -0.340 e. The molecule has 0 aliphatic carbocycles. The highest BCUT2D eigenvalue weighted by Crippen LogP contribution is 2.23. The number of benzene rings is 1. The third-order valence-corrected chi connectivity index (χ3v) is 4.43. The third-order valence-electron chi connectivity index (χ3n) is 4.43. The Kier molecular flexibility index (Phi) is 5.80.